The van der Waals surface area contributed by atoms with E-state index in [0.29, 0.717) is 6.54 Å². The molecule has 14 heavy (non-hydrogen) atoms. The maximum absolute atomic E-state index is 11.6. The summed E-state index contributed by atoms with van der Waals surface area (Å²) in [6, 6.07) is 0. The van der Waals surface area contributed by atoms with Gasteiger partial charge >= 0.3 is 0 Å². The topological polar surface area (TPSA) is 43.8 Å². The summed E-state index contributed by atoms with van der Waals surface area (Å²) in [5.41, 5.74) is 0. The Balaban J connectivity index is 2.32. The number of aliphatic hydroxyl groups is 1. The first kappa shape index (κ1) is 11.9. The number of hydrogen-bond acceptors (Lipinski definition) is 3. The number of piperazine rings is 1. The third-order valence-corrected chi connectivity index (χ3v) is 2.83. The zero-order valence-corrected chi connectivity index (χ0v) is 10.0. The number of β-amino-alcohol motifs (C(OH)–C–C–N with tert-alkyl or cyclic N) is 1. The molecule has 0 bridgehead atoms. The summed E-state index contributed by atoms with van der Waals surface area (Å²) in [6.07, 6.45) is 0. The first-order chi connectivity index (χ1) is 6.65. The Kier molecular flexibility index (Phi) is 4.84. The van der Waals surface area contributed by atoms with Crippen molar-refractivity contribution in [2.75, 3.05) is 39.3 Å². The minimum Gasteiger partial charge on any atom is -0.395 e. The first-order valence-electron chi connectivity index (χ1n) is 4.91. The van der Waals surface area contributed by atoms with Gasteiger partial charge in [0.1, 0.15) is 0 Å². The molecule has 0 spiro atoms. The van der Waals surface area contributed by atoms with Crippen molar-refractivity contribution in [1.82, 2.24) is 9.80 Å². The first-order valence-corrected chi connectivity index (χ1v) is 5.83. The number of carbonyl (C=O) groups is 1. The van der Waals surface area contributed by atoms with Gasteiger partial charge < -0.3 is 10.0 Å². The number of carbonyl (C=O) groups excluding carboxylic acids is 1. The maximum atomic E-state index is 11.6. The molecule has 0 aromatic heterocycles. The van der Waals surface area contributed by atoms with Gasteiger partial charge in [0.05, 0.1) is 11.4 Å². The SMILES string of the molecule is CC(Br)C(=O)N1CCN(CCO)CC1. The molecule has 0 aliphatic carbocycles. The highest BCUT2D eigenvalue weighted by Gasteiger charge is 2.22. The fourth-order valence-corrected chi connectivity index (χ4v) is 1.87. The van der Waals surface area contributed by atoms with E-state index in [0.717, 1.165) is 26.2 Å². The maximum Gasteiger partial charge on any atom is 0.236 e. The van der Waals surface area contributed by atoms with Gasteiger partial charge in [-0.1, -0.05) is 15.9 Å². The van der Waals surface area contributed by atoms with Crippen LogP contribution in [0.25, 0.3) is 0 Å². The van der Waals surface area contributed by atoms with Gasteiger partial charge in [-0.2, -0.15) is 0 Å². The monoisotopic (exact) mass is 264 g/mol. The minimum atomic E-state index is -0.0908. The summed E-state index contributed by atoms with van der Waals surface area (Å²) < 4.78 is 0. The lowest BCUT2D eigenvalue weighted by Gasteiger charge is -2.34. The van der Waals surface area contributed by atoms with Crippen LogP contribution in [-0.4, -0.2) is 65.0 Å². The molecule has 0 aromatic rings. The molecule has 1 amide bonds. The molecule has 0 saturated carbocycles. The van der Waals surface area contributed by atoms with Gasteiger partial charge in [0.25, 0.3) is 0 Å². The summed E-state index contributed by atoms with van der Waals surface area (Å²) in [7, 11) is 0. The molecular weight excluding hydrogens is 248 g/mol. The van der Waals surface area contributed by atoms with Crippen LogP contribution in [0, 0.1) is 0 Å². The zero-order chi connectivity index (χ0) is 10.6. The van der Waals surface area contributed by atoms with Gasteiger partial charge in [-0.05, 0) is 6.92 Å². The van der Waals surface area contributed by atoms with Crippen molar-refractivity contribution in [2.24, 2.45) is 0 Å². The largest absolute Gasteiger partial charge is 0.395 e. The van der Waals surface area contributed by atoms with Crippen molar-refractivity contribution in [3.8, 4) is 0 Å². The van der Waals surface area contributed by atoms with Gasteiger partial charge in [-0.15, -0.1) is 0 Å². The summed E-state index contributed by atoms with van der Waals surface area (Å²) in [4.78, 5) is 15.5. The number of halogens is 1. The van der Waals surface area contributed by atoms with E-state index in [9.17, 15) is 4.79 Å². The highest BCUT2D eigenvalue weighted by Crippen LogP contribution is 2.07. The molecular formula is C9H17BrN2O2. The molecule has 1 rings (SSSR count). The van der Waals surface area contributed by atoms with E-state index in [-0.39, 0.29) is 17.3 Å². The van der Waals surface area contributed by atoms with Crippen molar-refractivity contribution < 1.29 is 9.90 Å². The van der Waals surface area contributed by atoms with Gasteiger partial charge in [0.2, 0.25) is 5.91 Å². The van der Waals surface area contributed by atoms with E-state index in [1.165, 1.54) is 0 Å². The number of amides is 1. The molecule has 1 heterocycles. The normalized spacial score (nSPS) is 20.9. The van der Waals surface area contributed by atoms with Gasteiger partial charge in [-0.3, -0.25) is 9.69 Å². The van der Waals surface area contributed by atoms with E-state index in [1.807, 2.05) is 11.8 Å². The molecule has 5 heteroatoms. The summed E-state index contributed by atoms with van der Waals surface area (Å²) >= 11 is 3.28. The predicted octanol–water partition coefficient (Wildman–Crippen LogP) is -0.0937. The van der Waals surface area contributed by atoms with E-state index in [4.69, 9.17) is 5.11 Å². The van der Waals surface area contributed by atoms with Crippen molar-refractivity contribution in [3.05, 3.63) is 0 Å². The molecule has 1 aliphatic heterocycles. The highest BCUT2D eigenvalue weighted by atomic mass is 79.9. The fourth-order valence-electron chi connectivity index (χ4n) is 1.58. The van der Waals surface area contributed by atoms with Crippen LogP contribution in [0.5, 0.6) is 0 Å². The molecule has 1 saturated heterocycles. The van der Waals surface area contributed by atoms with Crippen molar-refractivity contribution in [1.29, 1.82) is 0 Å². The lowest BCUT2D eigenvalue weighted by Crippen LogP contribution is -2.50. The molecule has 1 unspecified atom stereocenters. The molecule has 82 valence electrons. The highest BCUT2D eigenvalue weighted by molar-refractivity contribution is 9.10. The Morgan fingerprint density at radius 3 is 2.43 bits per heavy atom. The molecule has 1 aliphatic rings. The van der Waals surface area contributed by atoms with E-state index in [2.05, 4.69) is 20.8 Å². The fraction of sp³-hybridized carbons (Fsp3) is 0.889. The van der Waals surface area contributed by atoms with Gasteiger partial charge in [-0.25, -0.2) is 0 Å². The second-order valence-corrected chi connectivity index (χ2v) is 4.88. The second kappa shape index (κ2) is 5.68. The summed E-state index contributed by atoms with van der Waals surface area (Å²) in [6.45, 7) is 6.04. The number of alkyl halides is 1. The van der Waals surface area contributed by atoms with Crippen LogP contribution >= 0.6 is 15.9 Å². The average molecular weight is 265 g/mol. The van der Waals surface area contributed by atoms with E-state index in [1.54, 1.807) is 0 Å². The van der Waals surface area contributed by atoms with Gasteiger partial charge in [0.15, 0.2) is 0 Å². The Morgan fingerprint density at radius 2 is 2.00 bits per heavy atom. The average Bonchev–Trinajstić information content (AvgIpc) is 2.18. The number of hydrogen-bond donors (Lipinski definition) is 1. The smallest absolute Gasteiger partial charge is 0.236 e. The third kappa shape index (κ3) is 3.22. The second-order valence-electron chi connectivity index (χ2n) is 3.51. The van der Waals surface area contributed by atoms with Gasteiger partial charge in [0, 0.05) is 32.7 Å². The van der Waals surface area contributed by atoms with Crippen molar-refractivity contribution in [2.45, 2.75) is 11.8 Å². The van der Waals surface area contributed by atoms with Crippen LogP contribution in [0.1, 0.15) is 6.92 Å². The molecule has 1 atom stereocenters. The van der Waals surface area contributed by atoms with E-state index < -0.39 is 0 Å². The summed E-state index contributed by atoms with van der Waals surface area (Å²) in [5.74, 6) is 0.161. The van der Waals surface area contributed by atoms with Crippen LogP contribution in [0.4, 0.5) is 0 Å². The molecule has 4 nitrogen and oxygen atoms in total. The Hall–Kier alpha value is -0.130. The summed E-state index contributed by atoms with van der Waals surface area (Å²) in [5, 5.41) is 8.75. The number of nitrogens with zero attached hydrogens (tertiary/aromatic N) is 2. The Morgan fingerprint density at radius 1 is 1.43 bits per heavy atom. The predicted molar refractivity (Wildman–Crippen MR) is 58.5 cm³/mol. The standard InChI is InChI=1S/C9H17BrN2O2/c1-8(10)9(14)12-4-2-11(3-5-12)6-7-13/h8,13H,2-7H2,1H3. The third-order valence-electron chi connectivity index (χ3n) is 2.44. The van der Waals surface area contributed by atoms with Crippen LogP contribution < -0.4 is 0 Å². The number of rotatable bonds is 3. The van der Waals surface area contributed by atoms with Crippen molar-refractivity contribution in [3.63, 3.8) is 0 Å². The molecule has 1 N–H and O–H groups in total. The lowest BCUT2D eigenvalue weighted by atomic mass is 10.3. The quantitative estimate of drug-likeness (QED) is 0.725. The zero-order valence-electron chi connectivity index (χ0n) is 8.45. The Bertz CT molecular complexity index is 191. The minimum absolute atomic E-state index is 0.0908. The van der Waals surface area contributed by atoms with Crippen LogP contribution in [-0.2, 0) is 4.79 Å². The van der Waals surface area contributed by atoms with Crippen LogP contribution in [0.3, 0.4) is 0 Å². The van der Waals surface area contributed by atoms with Crippen molar-refractivity contribution >= 4 is 21.8 Å². The van der Waals surface area contributed by atoms with E-state index >= 15 is 0 Å². The molecule has 1 fully saturated rings. The van der Waals surface area contributed by atoms with Crippen LogP contribution in [0.15, 0.2) is 0 Å². The van der Waals surface area contributed by atoms with Crippen LogP contribution in [0.2, 0.25) is 0 Å². The molecule has 0 aromatic carbocycles. The molecule has 0 radical (unpaired) electrons. The lowest BCUT2D eigenvalue weighted by molar-refractivity contribution is -0.131. The Labute approximate surface area is 93.0 Å². The number of aliphatic hydroxyl groups excluding tert-OH is 1.